The van der Waals surface area contributed by atoms with Crippen molar-refractivity contribution in [2.45, 2.75) is 39.5 Å². The Bertz CT molecular complexity index is 139. The number of likely N-dealkylation sites (tertiary alicyclic amines) is 1. The molecule has 2 N–H and O–H groups in total. The van der Waals surface area contributed by atoms with Gasteiger partial charge < -0.3 is 10.6 Å². The molecule has 0 spiro atoms. The zero-order chi connectivity index (χ0) is 10.4. The maximum absolute atomic E-state index is 5.81. The standard InChI is InChI=1S/C12H26N2/c1-11(2)8-12(9-13)10-14-6-4-3-5-7-14/h11-12H,3-10,13H2,1-2H3. The third-order valence-electron chi connectivity index (χ3n) is 3.10. The van der Waals surface area contributed by atoms with E-state index in [0.29, 0.717) is 5.92 Å². The topological polar surface area (TPSA) is 29.3 Å². The van der Waals surface area contributed by atoms with Crippen LogP contribution < -0.4 is 5.73 Å². The first-order valence-corrected chi connectivity index (χ1v) is 6.14. The second-order valence-electron chi connectivity index (χ2n) is 5.09. The van der Waals surface area contributed by atoms with Crippen molar-refractivity contribution in [1.29, 1.82) is 0 Å². The summed E-state index contributed by atoms with van der Waals surface area (Å²) in [6.45, 7) is 9.27. The van der Waals surface area contributed by atoms with Gasteiger partial charge >= 0.3 is 0 Å². The fourth-order valence-corrected chi connectivity index (χ4v) is 2.42. The van der Waals surface area contributed by atoms with Crippen molar-refractivity contribution in [3.63, 3.8) is 0 Å². The lowest BCUT2D eigenvalue weighted by molar-refractivity contribution is 0.186. The maximum Gasteiger partial charge on any atom is 0.00218 e. The molecule has 2 nitrogen and oxygen atoms in total. The molecule has 1 unspecified atom stereocenters. The van der Waals surface area contributed by atoms with Crippen LogP contribution >= 0.6 is 0 Å². The first-order chi connectivity index (χ1) is 6.72. The zero-order valence-corrected chi connectivity index (χ0v) is 9.84. The normalized spacial score (nSPS) is 21.4. The van der Waals surface area contributed by atoms with E-state index < -0.39 is 0 Å². The van der Waals surface area contributed by atoms with Gasteiger partial charge in [0.15, 0.2) is 0 Å². The number of nitrogens with two attached hydrogens (primary N) is 1. The number of hydrogen-bond acceptors (Lipinski definition) is 2. The van der Waals surface area contributed by atoms with Crippen molar-refractivity contribution in [2.24, 2.45) is 17.6 Å². The Morgan fingerprint density at radius 1 is 1.14 bits per heavy atom. The summed E-state index contributed by atoms with van der Waals surface area (Å²) in [6, 6.07) is 0. The molecule has 84 valence electrons. The Hall–Kier alpha value is -0.0800. The van der Waals surface area contributed by atoms with Crippen LogP contribution in [0, 0.1) is 11.8 Å². The van der Waals surface area contributed by atoms with Crippen LogP contribution in [0.3, 0.4) is 0 Å². The van der Waals surface area contributed by atoms with E-state index in [9.17, 15) is 0 Å². The van der Waals surface area contributed by atoms with Gasteiger partial charge in [-0.3, -0.25) is 0 Å². The zero-order valence-electron chi connectivity index (χ0n) is 9.84. The Balaban J connectivity index is 2.23. The lowest BCUT2D eigenvalue weighted by Gasteiger charge is -2.30. The van der Waals surface area contributed by atoms with Crippen molar-refractivity contribution in [3.05, 3.63) is 0 Å². The molecule has 1 rings (SSSR count). The van der Waals surface area contributed by atoms with E-state index >= 15 is 0 Å². The minimum Gasteiger partial charge on any atom is -0.330 e. The quantitative estimate of drug-likeness (QED) is 0.733. The maximum atomic E-state index is 5.81. The third-order valence-corrected chi connectivity index (χ3v) is 3.10. The molecule has 1 aliphatic rings. The van der Waals surface area contributed by atoms with Crippen LogP contribution in [0.5, 0.6) is 0 Å². The summed E-state index contributed by atoms with van der Waals surface area (Å²) in [5, 5.41) is 0. The summed E-state index contributed by atoms with van der Waals surface area (Å²) in [7, 11) is 0. The van der Waals surface area contributed by atoms with Gasteiger partial charge in [0.2, 0.25) is 0 Å². The number of hydrogen-bond donors (Lipinski definition) is 1. The molecular formula is C12H26N2. The van der Waals surface area contributed by atoms with Gasteiger partial charge in [-0.05, 0) is 50.7 Å². The van der Waals surface area contributed by atoms with Crippen molar-refractivity contribution < 1.29 is 0 Å². The van der Waals surface area contributed by atoms with Crippen LogP contribution in [0.25, 0.3) is 0 Å². The van der Waals surface area contributed by atoms with E-state index in [0.717, 1.165) is 12.5 Å². The minimum atomic E-state index is 0.716. The molecule has 0 bridgehead atoms. The summed E-state index contributed by atoms with van der Waals surface area (Å²) in [4.78, 5) is 2.60. The van der Waals surface area contributed by atoms with Crippen molar-refractivity contribution >= 4 is 0 Å². The first kappa shape index (κ1) is 12.0. The smallest absolute Gasteiger partial charge is 0.00218 e. The second kappa shape index (κ2) is 6.41. The molecule has 14 heavy (non-hydrogen) atoms. The van der Waals surface area contributed by atoms with E-state index in [4.69, 9.17) is 5.73 Å². The van der Waals surface area contributed by atoms with E-state index in [1.807, 2.05) is 0 Å². The molecule has 0 saturated carbocycles. The molecule has 2 heteroatoms. The summed E-state index contributed by atoms with van der Waals surface area (Å²) < 4.78 is 0. The van der Waals surface area contributed by atoms with Crippen molar-refractivity contribution in [3.8, 4) is 0 Å². The summed E-state index contributed by atoms with van der Waals surface area (Å²) >= 11 is 0. The van der Waals surface area contributed by atoms with Gasteiger partial charge in [-0.15, -0.1) is 0 Å². The molecule has 0 radical (unpaired) electrons. The molecule has 0 aromatic rings. The molecule has 0 amide bonds. The SMILES string of the molecule is CC(C)CC(CN)CN1CCCCC1. The van der Waals surface area contributed by atoms with Crippen LogP contribution in [0.15, 0.2) is 0 Å². The van der Waals surface area contributed by atoms with Crippen LogP contribution in [-0.4, -0.2) is 31.1 Å². The molecule has 1 fully saturated rings. The van der Waals surface area contributed by atoms with Gasteiger partial charge in [0.1, 0.15) is 0 Å². The fraction of sp³-hybridized carbons (Fsp3) is 1.00. The molecule has 1 saturated heterocycles. The van der Waals surface area contributed by atoms with Gasteiger partial charge in [-0.1, -0.05) is 20.3 Å². The second-order valence-corrected chi connectivity index (χ2v) is 5.09. The van der Waals surface area contributed by atoms with E-state index in [2.05, 4.69) is 18.7 Å². The molecule has 1 atom stereocenters. The van der Waals surface area contributed by atoms with Crippen LogP contribution in [0.1, 0.15) is 39.5 Å². The van der Waals surface area contributed by atoms with Crippen molar-refractivity contribution in [1.82, 2.24) is 4.90 Å². The lowest BCUT2D eigenvalue weighted by atomic mass is 9.96. The molecule has 1 heterocycles. The average Bonchev–Trinajstić information content (AvgIpc) is 2.17. The van der Waals surface area contributed by atoms with E-state index in [1.54, 1.807) is 0 Å². The first-order valence-electron chi connectivity index (χ1n) is 6.14. The molecule has 0 aromatic carbocycles. The van der Waals surface area contributed by atoms with E-state index in [-0.39, 0.29) is 0 Å². The number of piperidine rings is 1. The average molecular weight is 198 g/mol. The highest BCUT2D eigenvalue weighted by atomic mass is 15.1. The fourth-order valence-electron chi connectivity index (χ4n) is 2.42. The molecule has 1 aliphatic heterocycles. The molecule has 0 aliphatic carbocycles. The molecule has 0 aromatic heterocycles. The van der Waals surface area contributed by atoms with Gasteiger partial charge in [-0.25, -0.2) is 0 Å². The minimum absolute atomic E-state index is 0.716. The Kier molecular flexibility index (Phi) is 5.49. The largest absolute Gasteiger partial charge is 0.330 e. The number of rotatable bonds is 5. The lowest BCUT2D eigenvalue weighted by Crippen LogP contribution is -2.37. The predicted octanol–water partition coefficient (Wildman–Crippen LogP) is 2.09. The van der Waals surface area contributed by atoms with E-state index in [1.165, 1.54) is 45.3 Å². The monoisotopic (exact) mass is 198 g/mol. The summed E-state index contributed by atoms with van der Waals surface area (Å²) in [6.07, 6.45) is 5.49. The van der Waals surface area contributed by atoms with Gasteiger partial charge in [-0.2, -0.15) is 0 Å². The van der Waals surface area contributed by atoms with Crippen LogP contribution in [-0.2, 0) is 0 Å². The highest BCUT2D eigenvalue weighted by molar-refractivity contribution is 4.71. The van der Waals surface area contributed by atoms with Gasteiger partial charge in [0.25, 0.3) is 0 Å². The Morgan fingerprint density at radius 2 is 1.79 bits per heavy atom. The summed E-state index contributed by atoms with van der Waals surface area (Å²) in [5.74, 6) is 1.50. The highest BCUT2D eigenvalue weighted by Gasteiger charge is 2.16. The van der Waals surface area contributed by atoms with Crippen LogP contribution in [0.2, 0.25) is 0 Å². The van der Waals surface area contributed by atoms with Crippen LogP contribution in [0.4, 0.5) is 0 Å². The summed E-state index contributed by atoms with van der Waals surface area (Å²) in [5.41, 5.74) is 5.81. The molecular weight excluding hydrogens is 172 g/mol. The van der Waals surface area contributed by atoms with Gasteiger partial charge in [0, 0.05) is 6.54 Å². The Labute approximate surface area is 88.8 Å². The third kappa shape index (κ3) is 4.43. The van der Waals surface area contributed by atoms with Gasteiger partial charge in [0.05, 0.1) is 0 Å². The highest BCUT2D eigenvalue weighted by Crippen LogP contribution is 2.15. The Morgan fingerprint density at radius 3 is 2.29 bits per heavy atom. The van der Waals surface area contributed by atoms with Crippen molar-refractivity contribution in [2.75, 3.05) is 26.2 Å². The predicted molar refractivity (Wildman–Crippen MR) is 62.3 cm³/mol. The number of nitrogens with zero attached hydrogens (tertiary/aromatic N) is 1.